The van der Waals surface area contributed by atoms with Crippen molar-refractivity contribution in [1.29, 1.82) is 0 Å². The van der Waals surface area contributed by atoms with Crippen LogP contribution >= 0.6 is 54.5 Å². The predicted molar refractivity (Wildman–Crippen MR) is 168 cm³/mol. The normalized spacial score (nSPS) is 11.1. The van der Waals surface area contributed by atoms with Crippen LogP contribution in [-0.2, 0) is 6.61 Å². The van der Waals surface area contributed by atoms with Gasteiger partial charge in [-0.25, -0.2) is 10.4 Å². The minimum absolute atomic E-state index is 0.320. The van der Waals surface area contributed by atoms with Crippen molar-refractivity contribution in [3.05, 3.63) is 126 Å². The molecule has 4 aromatic carbocycles. The van der Waals surface area contributed by atoms with Gasteiger partial charge in [-0.15, -0.1) is 0 Å². The molecule has 1 aromatic heterocycles. The molecular formula is C30H20Br2IN3O2. The monoisotopic (exact) mass is 739 g/mol. The van der Waals surface area contributed by atoms with E-state index in [9.17, 15) is 4.79 Å². The summed E-state index contributed by atoms with van der Waals surface area (Å²) >= 11 is 9.23. The number of nitrogens with one attached hydrogen (secondary N) is 1. The molecule has 0 aliphatic carbocycles. The molecule has 5 aromatic rings. The van der Waals surface area contributed by atoms with E-state index in [2.05, 4.69) is 65.0 Å². The summed E-state index contributed by atoms with van der Waals surface area (Å²) in [7, 11) is 0. The van der Waals surface area contributed by atoms with Gasteiger partial charge in [0.05, 0.1) is 26.6 Å². The van der Waals surface area contributed by atoms with Gasteiger partial charge in [0, 0.05) is 25.5 Å². The lowest BCUT2D eigenvalue weighted by Gasteiger charge is -2.12. The number of halogens is 3. The number of hydrogen-bond acceptors (Lipinski definition) is 4. The largest absolute Gasteiger partial charge is 0.487 e. The van der Waals surface area contributed by atoms with Crippen LogP contribution in [0.2, 0.25) is 0 Å². The van der Waals surface area contributed by atoms with Crippen molar-refractivity contribution in [3.8, 4) is 17.0 Å². The van der Waals surface area contributed by atoms with Crippen molar-refractivity contribution in [2.45, 2.75) is 6.61 Å². The predicted octanol–water partition coefficient (Wildman–Crippen LogP) is 8.37. The van der Waals surface area contributed by atoms with E-state index >= 15 is 0 Å². The summed E-state index contributed by atoms with van der Waals surface area (Å²) in [5, 5.41) is 5.04. The Morgan fingerprint density at radius 2 is 1.66 bits per heavy atom. The summed E-state index contributed by atoms with van der Waals surface area (Å²) in [5.41, 5.74) is 7.38. The molecule has 188 valence electrons. The molecular weight excluding hydrogens is 721 g/mol. The molecule has 5 rings (SSSR count). The summed E-state index contributed by atoms with van der Waals surface area (Å²) in [4.78, 5) is 18.0. The maximum atomic E-state index is 13.3. The van der Waals surface area contributed by atoms with Crippen LogP contribution in [0.1, 0.15) is 21.5 Å². The third-order valence-electron chi connectivity index (χ3n) is 5.73. The molecule has 1 amide bonds. The van der Waals surface area contributed by atoms with Gasteiger partial charge in [0.1, 0.15) is 12.4 Å². The zero-order valence-corrected chi connectivity index (χ0v) is 25.2. The Bertz CT molecular complexity index is 1640. The first-order valence-electron chi connectivity index (χ1n) is 11.6. The second-order valence-corrected chi connectivity index (χ2v) is 11.4. The zero-order valence-electron chi connectivity index (χ0n) is 19.9. The Morgan fingerprint density at radius 3 is 2.45 bits per heavy atom. The van der Waals surface area contributed by atoms with Gasteiger partial charge in [-0.05, 0) is 64.6 Å². The van der Waals surface area contributed by atoms with Crippen LogP contribution in [0.3, 0.4) is 0 Å². The number of carbonyl (C=O) groups is 1. The second-order valence-electron chi connectivity index (χ2n) is 8.36. The molecule has 0 spiro atoms. The molecule has 0 aliphatic rings. The Balaban J connectivity index is 1.40. The SMILES string of the molecule is O=C(N/N=C\c1cc(Br)cc(I)c1OCc1ccc(Br)cc1)c1cc(-c2ccccc2)nc2ccccc12. The Morgan fingerprint density at radius 1 is 0.921 bits per heavy atom. The minimum Gasteiger partial charge on any atom is -0.487 e. The molecule has 0 atom stereocenters. The highest BCUT2D eigenvalue weighted by Gasteiger charge is 2.14. The Labute approximate surface area is 250 Å². The maximum Gasteiger partial charge on any atom is 0.272 e. The summed E-state index contributed by atoms with van der Waals surface area (Å²) in [6, 6.07) is 31.1. The average molecular weight is 741 g/mol. The van der Waals surface area contributed by atoms with E-state index in [1.807, 2.05) is 91.0 Å². The zero-order chi connectivity index (χ0) is 26.5. The van der Waals surface area contributed by atoms with Gasteiger partial charge < -0.3 is 4.74 Å². The molecule has 0 fully saturated rings. The van der Waals surface area contributed by atoms with E-state index < -0.39 is 0 Å². The van der Waals surface area contributed by atoms with Gasteiger partial charge in [-0.2, -0.15) is 5.10 Å². The number of para-hydroxylation sites is 1. The van der Waals surface area contributed by atoms with E-state index in [1.165, 1.54) is 0 Å². The number of hydrazone groups is 1. The summed E-state index contributed by atoms with van der Waals surface area (Å²) in [6.07, 6.45) is 1.60. The van der Waals surface area contributed by atoms with E-state index in [-0.39, 0.29) is 5.91 Å². The molecule has 1 N–H and O–H groups in total. The number of rotatable bonds is 7. The number of benzene rings is 4. The third-order valence-corrected chi connectivity index (χ3v) is 7.52. The molecule has 0 aliphatic heterocycles. The van der Waals surface area contributed by atoms with E-state index in [1.54, 1.807) is 12.3 Å². The quantitative estimate of drug-likeness (QED) is 0.104. The summed E-state index contributed by atoms with van der Waals surface area (Å²) in [5.74, 6) is 0.370. The van der Waals surface area contributed by atoms with Crippen LogP contribution in [0.5, 0.6) is 5.75 Å². The van der Waals surface area contributed by atoms with Crippen molar-refractivity contribution in [1.82, 2.24) is 10.4 Å². The molecule has 5 nitrogen and oxygen atoms in total. The molecule has 8 heteroatoms. The van der Waals surface area contributed by atoms with Crippen molar-refractivity contribution in [2.75, 3.05) is 0 Å². The van der Waals surface area contributed by atoms with Crippen molar-refractivity contribution < 1.29 is 9.53 Å². The van der Waals surface area contributed by atoms with Gasteiger partial charge in [-0.3, -0.25) is 4.79 Å². The highest BCUT2D eigenvalue weighted by atomic mass is 127. The topological polar surface area (TPSA) is 63.6 Å². The number of aromatic nitrogens is 1. The number of pyridine rings is 1. The van der Waals surface area contributed by atoms with Crippen LogP contribution in [0, 0.1) is 3.57 Å². The van der Waals surface area contributed by atoms with Crippen molar-refractivity contribution in [2.24, 2.45) is 5.10 Å². The maximum absolute atomic E-state index is 13.3. The fraction of sp³-hybridized carbons (Fsp3) is 0.0333. The van der Waals surface area contributed by atoms with E-state index in [0.717, 1.165) is 45.8 Å². The number of fused-ring (bicyclic) bond motifs is 1. The van der Waals surface area contributed by atoms with Gasteiger partial charge in [0.2, 0.25) is 0 Å². The number of nitrogens with zero attached hydrogens (tertiary/aromatic N) is 2. The number of carbonyl (C=O) groups excluding carboxylic acids is 1. The minimum atomic E-state index is -0.320. The van der Waals surface area contributed by atoms with E-state index in [0.29, 0.717) is 17.9 Å². The highest BCUT2D eigenvalue weighted by molar-refractivity contribution is 14.1. The Kier molecular flexibility index (Phi) is 8.51. The number of amides is 1. The lowest BCUT2D eigenvalue weighted by Crippen LogP contribution is -2.18. The van der Waals surface area contributed by atoms with E-state index in [4.69, 9.17) is 9.72 Å². The summed E-state index contributed by atoms with van der Waals surface area (Å²) in [6.45, 7) is 0.406. The smallest absolute Gasteiger partial charge is 0.272 e. The fourth-order valence-corrected chi connectivity index (χ4v) is 5.88. The van der Waals surface area contributed by atoms with Gasteiger partial charge in [-0.1, -0.05) is 92.5 Å². The molecule has 0 radical (unpaired) electrons. The third kappa shape index (κ3) is 6.31. The first kappa shape index (κ1) is 26.5. The molecule has 0 saturated heterocycles. The van der Waals surface area contributed by atoms with Crippen LogP contribution < -0.4 is 10.2 Å². The summed E-state index contributed by atoms with van der Waals surface area (Å²) < 4.78 is 8.99. The van der Waals surface area contributed by atoms with Crippen LogP contribution in [0.25, 0.3) is 22.2 Å². The Hall–Kier alpha value is -3.08. The average Bonchev–Trinajstić information content (AvgIpc) is 2.93. The highest BCUT2D eigenvalue weighted by Crippen LogP contribution is 2.30. The lowest BCUT2D eigenvalue weighted by atomic mass is 10.0. The molecule has 1 heterocycles. The lowest BCUT2D eigenvalue weighted by molar-refractivity contribution is 0.0956. The van der Waals surface area contributed by atoms with Gasteiger partial charge >= 0.3 is 0 Å². The molecule has 0 bridgehead atoms. The number of hydrogen-bond donors (Lipinski definition) is 1. The van der Waals surface area contributed by atoms with Crippen molar-refractivity contribution in [3.63, 3.8) is 0 Å². The van der Waals surface area contributed by atoms with Crippen molar-refractivity contribution >= 4 is 77.5 Å². The molecule has 0 saturated carbocycles. The first-order chi connectivity index (χ1) is 18.5. The van der Waals surface area contributed by atoms with Crippen LogP contribution in [-0.4, -0.2) is 17.1 Å². The second kappa shape index (κ2) is 12.2. The number of ether oxygens (including phenoxy) is 1. The van der Waals surface area contributed by atoms with Crippen LogP contribution in [0.15, 0.2) is 111 Å². The van der Waals surface area contributed by atoms with Crippen LogP contribution in [0.4, 0.5) is 0 Å². The van der Waals surface area contributed by atoms with Gasteiger partial charge in [0.25, 0.3) is 5.91 Å². The fourth-order valence-electron chi connectivity index (χ4n) is 3.91. The molecule has 38 heavy (non-hydrogen) atoms. The molecule has 0 unspecified atom stereocenters. The first-order valence-corrected chi connectivity index (χ1v) is 14.3. The standard InChI is InChI=1S/C30H20Br2IN3O2/c31-22-12-10-19(11-13-22)18-38-29-21(14-23(32)15-26(29)33)17-34-36-30(37)25-16-28(20-6-2-1-3-7-20)35-27-9-5-4-8-24(25)27/h1-17H,18H2,(H,36,37)/b34-17-. The van der Waals surface area contributed by atoms with Gasteiger partial charge in [0.15, 0.2) is 0 Å².